The van der Waals surface area contributed by atoms with Crippen LogP contribution in [0.15, 0.2) is 36.4 Å². The number of benzene rings is 2. The lowest BCUT2D eigenvalue weighted by atomic mass is 10.0. The molecule has 0 aliphatic heterocycles. The molecule has 0 bridgehead atoms. The van der Waals surface area contributed by atoms with Gasteiger partial charge in [0, 0.05) is 12.5 Å². The Balaban J connectivity index is 1.94. The van der Waals surface area contributed by atoms with E-state index in [1.165, 1.54) is 13.2 Å². The summed E-state index contributed by atoms with van der Waals surface area (Å²) >= 11 is 0. The monoisotopic (exact) mass is 317 g/mol. The Kier molecular flexibility index (Phi) is 4.03. The van der Waals surface area contributed by atoms with E-state index in [0.29, 0.717) is 27.8 Å². The second-order valence-corrected chi connectivity index (χ2v) is 4.94. The highest BCUT2D eigenvalue weighted by atomic mass is 19.2. The van der Waals surface area contributed by atoms with Gasteiger partial charge in [0.25, 0.3) is 5.91 Å². The van der Waals surface area contributed by atoms with Gasteiger partial charge in [-0.3, -0.25) is 9.89 Å². The van der Waals surface area contributed by atoms with E-state index in [9.17, 15) is 13.6 Å². The first-order valence-electron chi connectivity index (χ1n) is 6.81. The first-order valence-corrected chi connectivity index (χ1v) is 6.81. The minimum atomic E-state index is -0.903. The molecule has 0 saturated heterocycles. The number of halogens is 2. The number of hydrogen-bond donors (Lipinski definition) is 2. The molecule has 1 heterocycles. The van der Waals surface area contributed by atoms with Gasteiger partial charge < -0.3 is 10.1 Å². The van der Waals surface area contributed by atoms with Crippen molar-refractivity contribution in [2.45, 2.75) is 0 Å². The molecule has 1 amide bonds. The number of rotatable bonds is 4. The van der Waals surface area contributed by atoms with E-state index in [1.54, 1.807) is 18.2 Å². The van der Waals surface area contributed by atoms with E-state index in [2.05, 4.69) is 15.5 Å². The molecule has 0 aliphatic rings. The number of amides is 1. The Bertz CT molecular complexity index is 877. The molecule has 5 nitrogen and oxygen atoms in total. The number of nitrogens with zero attached hydrogens (tertiary/aromatic N) is 1. The number of aromatic nitrogens is 2. The lowest BCUT2D eigenvalue weighted by Crippen LogP contribution is -2.17. The molecule has 0 radical (unpaired) electrons. The number of carbonyl (C=O) groups is 1. The number of aromatic amines is 1. The molecular weight excluding hydrogens is 304 g/mol. The minimum Gasteiger partial charge on any atom is -0.375 e. The van der Waals surface area contributed by atoms with Crippen molar-refractivity contribution in [3.63, 3.8) is 0 Å². The number of fused-ring (bicyclic) bond motifs is 1. The molecule has 3 rings (SSSR count). The third-order valence-corrected chi connectivity index (χ3v) is 3.35. The van der Waals surface area contributed by atoms with Crippen LogP contribution < -0.4 is 5.32 Å². The standard InChI is InChI=1S/C16H13F2N3O2/c1-23-8-15(22)19-16-11-4-2-10(7-14(11)20-21-16)9-3-5-12(17)13(18)6-9/h2-7H,8H2,1H3,(H2,19,20,21,22). The average molecular weight is 317 g/mol. The topological polar surface area (TPSA) is 67.0 Å². The predicted octanol–water partition coefficient (Wildman–Crippen LogP) is 3.09. The van der Waals surface area contributed by atoms with Gasteiger partial charge in [0.2, 0.25) is 0 Å². The van der Waals surface area contributed by atoms with E-state index in [4.69, 9.17) is 4.74 Å². The zero-order valence-electron chi connectivity index (χ0n) is 12.2. The van der Waals surface area contributed by atoms with Crippen molar-refractivity contribution < 1.29 is 18.3 Å². The van der Waals surface area contributed by atoms with E-state index in [0.717, 1.165) is 12.1 Å². The smallest absolute Gasteiger partial charge is 0.251 e. The summed E-state index contributed by atoms with van der Waals surface area (Å²) in [5.74, 6) is -1.72. The van der Waals surface area contributed by atoms with Gasteiger partial charge in [-0.25, -0.2) is 8.78 Å². The molecule has 0 saturated carbocycles. The number of H-pyrrole nitrogens is 1. The second-order valence-electron chi connectivity index (χ2n) is 4.94. The molecule has 0 spiro atoms. The number of methoxy groups -OCH3 is 1. The molecule has 2 N–H and O–H groups in total. The van der Waals surface area contributed by atoms with Crippen LogP contribution in [0.3, 0.4) is 0 Å². The van der Waals surface area contributed by atoms with Gasteiger partial charge in [0.15, 0.2) is 17.5 Å². The van der Waals surface area contributed by atoms with Crippen LogP contribution in [0.2, 0.25) is 0 Å². The summed E-state index contributed by atoms with van der Waals surface area (Å²) in [5.41, 5.74) is 1.92. The van der Waals surface area contributed by atoms with Gasteiger partial charge >= 0.3 is 0 Å². The fraction of sp³-hybridized carbons (Fsp3) is 0.125. The van der Waals surface area contributed by atoms with E-state index < -0.39 is 11.6 Å². The maximum absolute atomic E-state index is 13.3. The highest BCUT2D eigenvalue weighted by Crippen LogP contribution is 2.27. The number of carbonyl (C=O) groups excluding carboxylic acids is 1. The Morgan fingerprint density at radius 1 is 1.17 bits per heavy atom. The van der Waals surface area contributed by atoms with Gasteiger partial charge in [0.1, 0.15) is 6.61 Å². The lowest BCUT2D eigenvalue weighted by Gasteiger charge is -2.04. The fourth-order valence-corrected chi connectivity index (χ4v) is 2.27. The summed E-state index contributed by atoms with van der Waals surface area (Å²) in [6, 6.07) is 8.96. The highest BCUT2D eigenvalue weighted by molar-refractivity contribution is 6.01. The molecule has 2 aromatic carbocycles. The third kappa shape index (κ3) is 3.04. The lowest BCUT2D eigenvalue weighted by molar-refractivity contribution is -0.119. The van der Waals surface area contributed by atoms with Gasteiger partial charge in [-0.15, -0.1) is 0 Å². The molecule has 1 aromatic heterocycles. The van der Waals surface area contributed by atoms with Crippen molar-refractivity contribution in [1.82, 2.24) is 10.2 Å². The van der Waals surface area contributed by atoms with Crippen LogP contribution >= 0.6 is 0 Å². The zero-order valence-corrected chi connectivity index (χ0v) is 12.2. The Morgan fingerprint density at radius 2 is 1.91 bits per heavy atom. The third-order valence-electron chi connectivity index (χ3n) is 3.35. The van der Waals surface area contributed by atoms with Crippen LogP contribution in [-0.4, -0.2) is 29.8 Å². The quantitative estimate of drug-likeness (QED) is 0.777. The maximum atomic E-state index is 13.3. The fourth-order valence-electron chi connectivity index (χ4n) is 2.27. The number of anilines is 1. The van der Waals surface area contributed by atoms with Crippen molar-refractivity contribution in [1.29, 1.82) is 0 Å². The molecule has 0 aliphatic carbocycles. The maximum Gasteiger partial charge on any atom is 0.251 e. The predicted molar refractivity (Wildman–Crippen MR) is 82.0 cm³/mol. The summed E-state index contributed by atoms with van der Waals surface area (Å²) in [6.45, 7) is -0.0682. The van der Waals surface area contributed by atoms with Crippen LogP contribution in [0.5, 0.6) is 0 Å². The number of ether oxygens (including phenoxy) is 1. The molecule has 118 valence electrons. The number of hydrogen-bond acceptors (Lipinski definition) is 3. The Hall–Kier alpha value is -2.80. The highest BCUT2D eigenvalue weighted by Gasteiger charge is 2.11. The SMILES string of the molecule is COCC(=O)Nc1n[nH]c2cc(-c3ccc(F)c(F)c3)ccc12. The van der Waals surface area contributed by atoms with Crippen LogP contribution in [0.25, 0.3) is 22.0 Å². The normalized spacial score (nSPS) is 10.9. The van der Waals surface area contributed by atoms with Gasteiger partial charge in [0.05, 0.1) is 5.52 Å². The summed E-state index contributed by atoms with van der Waals surface area (Å²) in [4.78, 5) is 11.5. The number of nitrogens with one attached hydrogen (secondary N) is 2. The van der Waals surface area contributed by atoms with Crippen LogP contribution in [0, 0.1) is 11.6 Å². The largest absolute Gasteiger partial charge is 0.375 e. The van der Waals surface area contributed by atoms with Crippen molar-refractivity contribution in [2.75, 3.05) is 19.0 Å². The molecule has 3 aromatic rings. The van der Waals surface area contributed by atoms with Crippen LogP contribution in [0.4, 0.5) is 14.6 Å². The van der Waals surface area contributed by atoms with E-state index >= 15 is 0 Å². The molecule has 23 heavy (non-hydrogen) atoms. The van der Waals surface area contributed by atoms with Crippen molar-refractivity contribution >= 4 is 22.6 Å². The summed E-state index contributed by atoms with van der Waals surface area (Å²) < 4.78 is 31.1. The second kappa shape index (κ2) is 6.13. The molecule has 0 unspecified atom stereocenters. The minimum absolute atomic E-state index is 0.0682. The summed E-state index contributed by atoms with van der Waals surface area (Å²) in [6.07, 6.45) is 0. The molecule has 0 atom stereocenters. The van der Waals surface area contributed by atoms with Gasteiger partial charge in [-0.2, -0.15) is 5.10 Å². The average Bonchev–Trinajstić information content (AvgIpc) is 2.92. The van der Waals surface area contributed by atoms with E-state index in [1.807, 2.05) is 0 Å². The molecule has 0 fully saturated rings. The van der Waals surface area contributed by atoms with Crippen molar-refractivity contribution in [2.24, 2.45) is 0 Å². The Labute approximate surface area is 130 Å². The van der Waals surface area contributed by atoms with Crippen molar-refractivity contribution in [3.8, 4) is 11.1 Å². The first kappa shape index (κ1) is 15.1. The van der Waals surface area contributed by atoms with Gasteiger partial charge in [-0.1, -0.05) is 12.1 Å². The molecular formula is C16H13F2N3O2. The van der Waals surface area contributed by atoms with Crippen molar-refractivity contribution in [3.05, 3.63) is 48.0 Å². The van der Waals surface area contributed by atoms with E-state index in [-0.39, 0.29) is 12.5 Å². The Morgan fingerprint density at radius 3 is 2.65 bits per heavy atom. The van der Waals surface area contributed by atoms with Crippen LogP contribution in [0.1, 0.15) is 0 Å². The summed E-state index contributed by atoms with van der Waals surface area (Å²) in [5, 5.41) is 10.2. The zero-order chi connectivity index (χ0) is 16.4. The molecule has 7 heteroatoms. The van der Waals surface area contributed by atoms with Gasteiger partial charge in [-0.05, 0) is 35.4 Å². The first-order chi connectivity index (χ1) is 11.1. The van der Waals surface area contributed by atoms with Crippen LogP contribution in [-0.2, 0) is 9.53 Å². The summed E-state index contributed by atoms with van der Waals surface area (Å²) in [7, 11) is 1.43.